The number of methoxy groups -OCH3 is 1. The van der Waals surface area contributed by atoms with Crippen LogP contribution in [0.25, 0.3) is 0 Å². The zero-order valence-electron chi connectivity index (χ0n) is 6.20. The zero-order valence-corrected chi connectivity index (χ0v) is 7.02. The van der Waals surface area contributed by atoms with Crippen molar-refractivity contribution in [2.24, 2.45) is 5.73 Å². The van der Waals surface area contributed by atoms with Crippen LogP contribution in [0.2, 0.25) is 0 Å². The lowest BCUT2D eigenvalue weighted by Gasteiger charge is -2.04. The van der Waals surface area contributed by atoms with Gasteiger partial charge >= 0.3 is 0 Å². The average Bonchev–Trinajstić information content (AvgIpc) is 1.59. The van der Waals surface area contributed by atoms with E-state index in [1.165, 1.54) is 7.11 Å². The summed E-state index contributed by atoms with van der Waals surface area (Å²) in [6.07, 6.45) is 0. The van der Waals surface area contributed by atoms with Crippen LogP contribution < -0.4 is 5.73 Å². The molecule has 0 aromatic rings. The van der Waals surface area contributed by atoms with Gasteiger partial charge in [0.2, 0.25) is 0 Å². The maximum Gasteiger partial charge on any atom is 0.175 e. The summed E-state index contributed by atoms with van der Waals surface area (Å²) in [4.78, 5) is 0. The molecule has 1 unspecified atom stereocenters. The second kappa shape index (κ2) is 3.90. The normalized spacial score (nSPS) is 15.1. The largest absolute Gasteiger partial charge is 0.369 e. The molecule has 0 bridgehead atoms. The third-order valence-corrected chi connectivity index (χ3v) is 2.44. The standard InChI is InChI=1S/C5H13NO3S/c1-5(6)3-10(7,8)4-9-2/h5H,3-4,6H2,1-2H3. The quantitative estimate of drug-likeness (QED) is 0.604. The molecular weight excluding hydrogens is 154 g/mol. The van der Waals surface area contributed by atoms with Crippen molar-refractivity contribution in [3.05, 3.63) is 0 Å². The predicted octanol–water partition coefficient (Wildman–Crippen LogP) is -0.648. The number of hydrogen-bond acceptors (Lipinski definition) is 4. The molecule has 0 heterocycles. The van der Waals surface area contributed by atoms with E-state index >= 15 is 0 Å². The summed E-state index contributed by atoms with van der Waals surface area (Å²) in [5.74, 6) is -0.255. The van der Waals surface area contributed by atoms with E-state index in [4.69, 9.17) is 5.73 Å². The number of nitrogens with two attached hydrogens (primary N) is 1. The first-order chi connectivity index (χ1) is 4.48. The van der Waals surface area contributed by atoms with E-state index in [0.29, 0.717) is 0 Å². The van der Waals surface area contributed by atoms with Crippen molar-refractivity contribution in [3.8, 4) is 0 Å². The summed E-state index contributed by atoms with van der Waals surface area (Å²) in [6, 6.07) is -0.319. The Morgan fingerprint density at radius 1 is 1.60 bits per heavy atom. The van der Waals surface area contributed by atoms with E-state index in [1.54, 1.807) is 6.92 Å². The van der Waals surface area contributed by atoms with Crippen LogP contribution >= 0.6 is 0 Å². The summed E-state index contributed by atoms with van der Waals surface area (Å²) in [7, 11) is -1.73. The minimum atomic E-state index is -3.08. The van der Waals surface area contributed by atoms with E-state index in [9.17, 15) is 8.42 Å². The van der Waals surface area contributed by atoms with Crippen molar-refractivity contribution in [1.82, 2.24) is 0 Å². The topological polar surface area (TPSA) is 69.4 Å². The van der Waals surface area contributed by atoms with E-state index in [2.05, 4.69) is 4.74 Å². The second-order valence-corrected chi connectivity index (χ2v) is 4.35. The number of sulfone groups is 1. The van der Waals surface area contributed by atoms with Gasteiger partial charge in [0.25, 0.3) is 0 Å². The fraction of sp³-hybridized carbons (Fsp3) is 1.00. The van der Waals surface area contributed by atoms with Gasteiger partial charge in [0.15, 0.2) is 9.84 Å². The molecule has 10 heavy (non-hydrogen) atoms. The van der Waals surface area contributed by atoms with Crippen LogP contribution in [0, 0.1) is 0 Å². The lowest BCUT2D eigenvalue weighted by molar-refractivity contribution is 0.249. The fourth-order valence-corrected chi connectivity index (χ4v) is 1.88. The molecule has 2 N–H and O–H groups in total. The van der Waals surface area contributed by atoms with Gasteiger partial charge in [-0.1, -0.05) is 0 Å². The van der Waals surface area contributed by atoms with Gasteiger partial charge in [-0.3, -0.25) is 0 Å². The molecule has 0 radical (unpaired) electrons. The van der Waals surface area contributed by atoms with E-state index < -0.39 is 9.84 Å². The number of hydrogen-bond donors (Lipinski definition) is 1. The Kier molecular flexibility index (Phi) is 3.85. The molecule has 0 aromatic carbocycles. The summed E-state index contributed by atoms with van der Waals surface area (Å²) in [5, 5.41) is 0. The highest BCUT2D eigenvalue weighted by Gasteiger charge is 2.11. The third-order valence-electron chi connectivity index (χ3n) is 0.814. The molecule has 0 saturated heterocycles. The van der Waals surface area contributed by atoms with Crippen molar-refractivity contribution < 1.29 is 13.2 Å². The maximum absolute atomic E-state index is 10.8. The first-order valence-corrected chi connectivity index (χ1v) is 4.75. The van der Waals surface area contributed by atoms with Crippen molar-refractivity contribution in [2.45, 2.75) is 13.0 Å². The highest BCUT2D eigenvalue weighted by atomic mass is 32.2. The van der Waals surface area contributed by atoms with Crippen LogP contribution in [0.15, 0.2) is 0 Å². The lowest BCUT2D eigenvalue weighted by atomic mass is 10.4. The molecule has 0 aliphatic heterocycles. The summed E-state index contributed by atoms with van der Waals surface area (Å²) in [6.45, 7) is 1.65. The second-order valence-electron chi connectivity index (χ2n) is 2.29. The molecule has 0 aromatic heterocycles. The monoisotopic (exact) mass is 167 g/mol. The van der Waals surface area contributed by atoms with Crippen LogP contribution in [-0.4, -0.2) is 33.3 Å². The van der Waals surface area contributed by atoms with Crippen LogP contribution in [0.3, 0.4) is 0 Å². The van der Waals surface area contributed by atoms with Gasteiger partial charge in [-0.05, 0) is 6.92 Å². The first kappa shape index (κ1) is 9.87. The van der Waals surface area contributed by atoms with E-state index in [-0.39, 0.29) is 17.7 Å². The van der Waals surface area contributed by atoms with Crippen LogP contribution in [0.4, 0.5) is 0 Å². The molecule has 0 aliphatic rings. The SMILES string of the molecule is COCS(=O)(=O)CC(C)N. The third kappa shape index (κ3) is 4.72. The molecular formula is C5H13NO3S. The number of rotatable bonds is 4. The molecule has 0 aliphatic carbocycles. The Morgan fingerprint density at radius 3 is 2.40 bits per heavy atom. The highest BCUT2D eigenvalue weighted by molar-refractivity contribution is 7.91. The molecule has 1 atom stereocenters. The Labute approximate surface area is 61.3 Å². The summed E-state index contributed by atoms with van der Waals surface area (Å²) >= 11 is 0. The van der Waals surface area contributed by atoms with Gasteiger partial charge in [-0.2, -0.15) is 0 Å². The van der Waals surface area contributed by atoms with Gasteiger partial charge in [-0.25, -0.2) is 8.42 Å². The van der Waals surface area contributed by atoms with Crippen molar-refractivity contribution in [2.75, 3.05) is 18.8 Å². The average molecular weight is 167 g/mol. The van der Waals surface area contributed by atoms with Crippen LogP contribution in [-0.2, 0) is 14.6 Å². The van der Waals surface area contributed by atoms with Crippen molar-refractivity contribution >= 4 is 9.84 Å². The molecule has 0 saturated carbocycles. The van der Waals surface area contributed by atoms with Crippen molar-refractivity contribution in [1.29, 1.82) is 0 Å². The molecule has 0 amide bonds. The molecule has 0 fully saturated rings. The summed E-state index contributed by atoms with van der Waals surface area (Å²) < 4.78 is 26.1. The van der Waals surface area contributed by atoms with Gasteiger partial charge < -0.3 is 10.5 Å². The maximum atomic E-state index is 10.8. The van der Waals surface area contributed by atoms with E-state index in [1.807, 2.05) is 0 Å². The Morgan fingerprint density at radius 2 is 2.10 bits per heavy atom. The fourth-order valence-electron chi connectivity index (χ4n) is 0.628. The smallest absolute Gasteiger partial charge is 0.175 e. The first-order valence-electron chi connectivity index (χ1n) is 2.93. The molecule has 0 spiro atoms. The Balaban J connectivity index is 3.89. The zero-order chi connectivity index (χ0) is 8.20. The lowest BCUT2D eigenvalue weighted by Crippen LogP contribution is -2.28. The van der Waals surface area contributed by atoms with Gasteiger partial charge in [0, 0.05) is 13.2 Å². The van der Waals surface area contributed by atoms with Crippen molar-refractivity contribution in [3.63, 3.8) is 0 Å². The molecule has 4 nitrogen and oxygen atoms in total. The van der Waals surface area contributed by atoms with E-state index in [0.717, 1.165) is 0 Å². The van der Waals surface area contributed by atoms with Crippen LogP contribution in [0.1, 0.15) is 6.92 Å². The molecule has 62 valence electrons. The minimum absolute atomic E-state index is 0.0131. The predicted molar refractivity (Wildman–Crippen MR) is 39.3 cm³/mol. The Hall–Kier alpha value is -0.130. The number of ether oxygens (including phenoxy) is 1. The molecule has 0 rings (SSSR count). The highest BCUT2D eigenvalue weighted by Crippen LogP contribution is 1.92. The van der Waals surface area contributed by atoms with Gasteiger partial charge in [0.1, 0.15) is 5.94 Å². The van der Waals surface area contributed by atoms with Crippen LogP contribution in [0.5, 0.6) is 0 Å². The van der Waals surface area contributed by atoms with Gasteiger partial charge in [-0.15, -0.1) is 0 Å². The van der Waals surface area contributed by atoms with Gasteiger partial charge in [0.05, 0.1) is 5.75 Å². The Bertz CT molecular complexity index is 173. The molecule has 5 heteroatoms. The minimum Gasteiger partial charge on any atom is -0.369 e. The summed E-state index contributed by atoms with van der Waals surface area (Å²) in [5.41, 5.74) is 5.27.